The number of Topliss-reactive ketones (excluding diaryl/α,β-unsaturated/α-hetero) is 1. The minimum Gasteiger partial charge on any atom is -0.507 e. The number of benzene rings is 1. The largest absolute Gasteiger partial charge is 0.507 e. The lowest BCUT2D eigenvalue weighted by atomic mass is 9.99. The predicted molar refractivity (Wildman–Crippen MR) is 63.3 cm³/mol. The monoisotopic (exact) mass is 222 g/mol. The second-order valence-corrected chi connectivity index (χ2v) is 3.87. The van der Waals surface area contributed by atoms with Crippen LogP contribution in [0, 0.1) is 6.92 Å². The van der Waals surface area contributed by atoms with Crippen molar-refractivity contribution in [3.05, 3.63) is 23.3 Å². The van der Waals surface area contributed by atoms with E-state index in [-0.39, 0.29) is 11.5 Å². The molecule has 0 aromatic heterocycles. The normalized spacial score (nSPS) is 10.2. The maximum Gasteiger partial charge on any atom is 0.166 e. The highest BCUT2D eigenvalue weighted by Crippen LogP contribution is 2.28. The van der Waals surface area contributed by atoms with Crippen LogP contribution < -0.4 is 4.74 Å². The summed E-state index contributed by atoms with van der Waals surface area (Å²) in [5.41, 5.74) is 1.19. The van der Waals surface area contributed by atoms with Gasteiger partial charge in [-0.25, -0.2) is 0 Å². The Morgan fingerprint density at radius 2 is 2.12 bits per heavy atom. The number of carbonyl (C=O) groups is 1. The first-order chi connectivity index (χ1) is 7.60. The molecule has 16 heavy (non-hydrogen) atoms. The molecule has 0 aliphatic carbocycles. The molecule has 1 aromatic carbocycles. The number of carbonyl (C=O) groups excluding carboxylic acids is 1. The zero-order valence-electron chi connectivity index (χ0n) is 10.0. The summed E-state index contributed by atoms with van der Waals surface area (Å²) < 4.78 is 5.02. The van der Waals surface area contributed by atoms with Crippen molar-refractivity contribution in [3.8, 4) is 11.5 Å². The van der Waals surface area contributed by atoms with E-state index < -0.39 is 0 Å². The summed E-state index contributed by atoms with van der Waals surface area (Å²) in [4.78, 5) is 11.8. The fourth-order valence-corrected chi connectivity index (χ4v) is 1.68. The zero-order chi connectivity index (χ0) is 12.1. The van der Waals surface area contributed by atoms with Crippen molar-refractivity contribution >= 4 is 5.78 Å². The Morgan fingerprint density at radius 3 is 2.62 bits per heavy atom. The van der Waals surface area contributed by atoms with Crippen molar-refractivity contribution in [2.75, 3.05) is 7.11 Å². The second-order valence-electron chi connectivity index (χ2n) is 3.87. The number of hydrogen-bond acceptors (Lipinski definition) is 3. The topological polar surface area (TPSA) is 46.5 Å². The number of ketones is 1. The van der Waals surface area contributed by atoms with E-state index in [4.69, 9.17) is 4.74 Å². The SMILES string of the molecule is CCCCC(=O)c1c(C)cc(OC)cc1O. The van der Waals surface area contributed by atoms with Gasteiger partial charge in [0.1, 0.15) is 11.5 Å². The average molecular weight is 222 g/mol. The van der Waals surface area contributed by atoms with E-state index in [0.717, 1.165) is 18.4 Å². The van der Waals surface area contributed by atoms with Gasteiger partial charge in [-0.15, -0.1) is 0 Å². The van der Waals surface area contributed by atoms with Gasteiger partial charge in [0.2, 0.25) is 0 Å². The smallest absolute Gasteiger partial charge is 0.166 e. The van der Waals surface area contributed by atoms with Crippen molar-refractivity contribution in [2.45, 2.75) is 33.1 Å². The Bertz CT molecular complexity index is 360. The van der Waals surface area contributed by atoms with Gasteiger partial charge in [-0.3, -0.25) is 4.79 Å². The molecule has 0 fully saturated rings. The Kier molecular flexibility index (Phi) is 4.35. The van der Waals surface area contributed by atoms with Gasteiger partial charge >= 0.3 is 0 Å². The van der Waals surface area contributed by atoms with E-state index in [9.17, 15) is 9.90 Å². The molecular weight excluding hydrogens is 204 g/mol. The standard InChI is InChI=1S/C13H18O3/c1-4-5-6-11(14)13-9(2)7-10(16-3)8-12(13)15/h7-8,15H,4-6H2,1-3H3. The Morgan fingerprint density at radius 1 is 1.44 bits per heavy atom. The first-order valence-corrected chi connectivity index (χ1v) is 5.51. The van der Waals surface area contributed by atoms with Gasteiger partial charge in [-0.2, -0.15) is 0 Å². The lowest BCUT2D eigenvalue weighted by Gasteiger charge is -2.09. The molecule has 0 radical (unpaired) electrons. The van der Waals surface area contributed by atoms with Crippen LogP contribution in [0.3, 0.4) is 0 Å². The average Bonchev–Trinajstić information content (AvgIpc) is 2.25. The molecule has 0 atom stereocenters. The van der Waals surface area contributed by atoms with Crippen molar-refractivity contribution in [3.63, 3.8) is 0 Å². The fourth-order valence-electron chi connectivity index (χ4n) is 1.68. The van der Waals surface area contributed by atoms with Crippen LogP contribution in [0.5, 0.6) is 11.5 Å². The minimum absolute atomic E-state index is 0.000460. The molecule has 0 aliphatic heterocycles. The first-order valence-electron chi connectivity index (χ1n) is 5.51. The third-order valence-electron chi connectivity index (χ3n) is 2.56. The predicted octanol–water partition coefficient (Wildman–Crippen LogP) is 3.08. The molecule has 0 unspecified atom stereocenters. The summed E-state index contributed by atoms with van der Waals surface area (Å²) in [5.74, 6) is 0.583. The number of ether oxygens (including phenoxy) is 1. The van der Waals surface area contributed by atoms with E-state index in [1.165, 1.54) is 13.2 Å². The Labute approximate surface area is 96.1 Å². The maximum atomic E-state index is 11.8. The second kappa shape index (κ2) is 5.54. The molecule has 0 spiro atoms. The van der Waals surface area contributed by atoms with Crippen molar-refractivity contribution in [1.82, 2.24) is 0 Å². The third-order valence-corrected chi connectivity index (χ3v) is 2.56. The van der Waals surface area contributed by atoms with Crippen LogP contribution in [-0.4, -0.2) is 18.0 Å². The van der Waals surface area contributed by atoms with E-state index in [1.807, 2.05) is 6.92 Å². The summed E-state index contributed by atoms with van der Waals surface area (Å²) in [7, 11) is 1.53. The van der Waals surface area contributed by atoms with Gasteiger partial charge in [0.05, 0.1) is 12.7 Å². The summed E-state index contributed by atoms with van der Waals surface area (Å²) >= 11 is 0. The number of aromatic hydroxyl groups is 1. The first kappa shape index (κ1) is 12.6. The lowest BCUT2D eigenvalue weighted by Crippen LogP contribution is -2.02. The number of aryl methyl sites for hydroxylation is 1. The van der Waals surface area contributed by atoms with Crippen LogP contribution in [0.25, 0.3) is 0 Å². The molecule has 0 aliphatic rings. The zero-order valence-corrected chi connectivity index (χ0v) is 10.0. The summed E-state index contributed by atoms with van der Waals surface area (Å²) in [6.45, 7) is 3.84. The van der Waals surface area contributed by atoms with Crippen LogP contribution in [0.4, 0.5) is 0 Å². The molecule has 0 amide bonds. The van der Waals surface area contributed by atoms with Crippen LogP contribution >= 0.6 is 0 Å². The van der Waals surface area contributed by atoms with Crippen LogP contribution in [0.15, 0.2) is 12.1 Å². The molecule has 0 saturated carbocycles. The quantitative estimate of drug-likeness (QED) is 0.779. The number of hydrogen-bond donors (Lipinski definition) is 1. The minimum atomic E-state index is -0.000460. The fraction of sp³-hybridized carbons (Fsp3) is 0.462. The number of phenolic OH excluding ortho intramolecular Hbond substituents is 1. The number of unbranched alkanes of at least 4 members (excludes halogenated alkanes) is 1. The molecule has 0 bridgehead atoms. The molecule has 0 heterocycles. The van der Waals surface area contributed by atoms with E-state index in [1.54, 1.807) is 13.0 Å². The van der Waals surface area contributed by atoms with Gasteiger partial charge < -0.3 is 9.84 Å². The van der Waals surface area contributed by atoms with Gasteiger partial charge in [-0.05, 0) is 25.0 Å². The summed E-state index contributed by atoms with van der Waals surface area (Å²) in [5, 5.41) is 9.77. The third kappa shape index (κ3) is 2.75. The number of methoxy groups -OCH3 is 1. The number of phenols is 1. The molecule has 1 N–H and O–H groups in total. The highest BCUT2D eigenvalue weighted by Gasteiger charge is 2.15. The molecule has 0 saturated heterocycles. The lowest BCUT2D eigenvalue weighted by molar-refractivity contribution is 0.0976. The van der Waals surface area contributed by atoms with Gasteiger partial charge in [-0.1, -0.05) is 13.3 Å². The van der Waals surface area contributed by atoms with Crippen molar-refractivity contribution < 1.29 is 14.6 Å². The van der Waals surface area contributed by atoms with Crippen LogP contribution in [-0.2, 0) is 0 Å². The van der Waals surface area contributed by atoms with E-state index in [2.05, 4.69) is 0 Å². The molecule has 1 aromatic rings. The van der Waals surface area contributed by atoms with Crippen LogP contribution in [0.1, 0.15) is 42.1 Å². The van der Waals surface area contributed by atoms with Crippen LogP contribution in [0.2, 0.25) is 0 Å². The molecule has 3 heteroatoms. The van der Waals surface area contributed by atoms with Gasteiger partial charge in [0.25, 0.3) is 0 Å². The van der Waals surface area contributed by atoms with Gasteiger partial charge in [0, 0.05) is 12.5 Å². The summed E-state index contributed by atoms with van der Waals surface area (Å²) in [6.07, 6.45) is 2.31. The Balaban J connectivity index is 3.00. The molecule has 3 nitrogen and oxygen atoms in total. The van der Waals surface area contributed by atoms with Crippen molar-refractivity contribution in [2.24, 2.45) is 0 Å². The highest BCUT2D eigenvalue weighted by atomic mass is 16.5. The maximum absolute atomic E-state index is 11.8. The van der Waals surface area contributed by atoms with Crippen molar-refractivity contribution in [1.29, 1.82) is 0 Å². The molecule has 1 rings (SSSR count). The molecular formula is C13H18O3. The Hall–Kier alpha value is -1.51. The highest BCUT2D eigenvalue weighted by molar-refractivity contribution is 6.00. The van der Waals surface area contributed by atoms with E-state index >= 15 is 0 Å². The number of rotatable bonds is 5. The molecule has 88 valence electrons. The van der Waals surface area contributed by atoms with E-state index in [0.29, 0.717) is 17.7 Å². The summed E-state index contributed by atoms with van der Waals surface area (Å²) in [6, 6.07) is 3.24. The van der Waals surface area contributed by atoms with Gasteiger partial charge in [0.15, 0.2) is 5.78 Å².